The summed E-state index contributed by atoms with van der Waals surface area (Å²) in [5.74, 6) is 0.151. The molecule has 0 saturated heterocycles. The molecule has 0 aliphatic carbocycles. The Labute approximate surface area is 168 Å². The summed E-state index contributed by atoms with van der Waals surface area (Å²) in [7, 11) is 0. The predicted octanol–water partition coefficient (Wildman–Crippen LogP) is 4.07. The highest BCUT2D eigenvalue weighted by atomic mass is 19.4. The van der Waals surface area contributed by atoms with Crippen molar-refractivity contribution in [2.24, 2.45) is 10.7 Å². The van der Waals surface area contributed by atoms with Crippen LogP contribution in [0.5, 0.6) is 0 Å². The molecule has 3 heterocycles. The third kappa shape index (κ3) is 4.91. The van der Waals surface area contributed by atoms with E-state index in [4.69, 9.17) is 15.0 Å². The van der Waals surface area contributed by atoms with Crippen molar-refractivity contribution in [3.63, 3.8) is 0 Å². The molecular weight excluding hydrogens is 406 g/mol. The van der Waals surface area contributed by atoms with Crippen molar-refractivity contribution in [3.05, 3.63) is 54.2 Å². The van der Waals surface area contributed by atoms with E-state index >= 15 is 0 Å². The molecule has 2 N–H and O–H groups in total. The molecule has 1 aromatic carbocycles. The molecule has 0 amide bonds. The molecule has 11 heteroatoms. The molecule has 3 aromatic rings. The standard InChI is InChI=1S/C18H16FN5O2.CHF3/c1-18(5-7-25-17(20)23-18)12-8-11(2-3-13(12)19)16-9-15(24-26-16)14-4-6-21-10-22-14;2-1(3)4/h2-4,6,8-10H,5,7H2,1H3,(H2,20,23);1H/t18-;/m0./s1. The van der Waals surface area contributed by atoms with Gasteiger partial charge in [-0.05, 0) is 31.2 Å². The summed E-state index contributed by atoms with van der Waals surface area (Å²) in [5.41, 5.74) is 7.23. The quantitative estimate of drug-likeness (QED) is 0.638. The van der Waals surface area contributed by atoms with E-state index in [1.807, 2.05) is 6.92 Å². The Kier molecular flexibility index (Phi) is 6.28. The molecule has 0 unspecified atom stereocenters. The first kappa shape index (κ1) is 21.2. The van der Waals surface area contributed by atoms with Gasteiger partial charge in [-0.15, -0.1) is 0 Å². The van der Waals surface area contributed by atoms with Gasteiger partial charge in [0.15, 0.2) is 5.76 Å². The maximum Gasteiger partial charge on any atom is 0.379 e. The van der Waals surface area contributed by atoms with E-state index in [1.54, 1.807) is 30.5 Å². The zero-order valence-corrected chi connectivity index (χ0v) is 15.7. The number of halogens is 4. The lowest BCUT2D eigenvalue weighted by Gasteiger charge is -2.30. The second kappa shape index (κ2) is 8.89. The minimum Gasteiger partial charge on any atom is -0.465 e. The molecule has 0 fully saturated rings. The first-order valence-corrected chi connectivity index (χ1v) is 8.72. The smallest absolute Gasteiger partial charge is 0.379 e. The van der Waals surface area contributed by atoms with Gasteiger partial charge in [-0.2, -0.15) is 13.2 Å². The van der Waals surface area contributed by atoms with Crippen LogP contribution in [0.15, 0.2) is 52.4 Å². The molecule has 1 atom stereocenters. The minimum absolute atomic E-state index is 0.0641. The Balaban J connectivity index is 0.000000589. The van der Waals surface area contributed by atoms with Crippen LogP contribution in [-0.4, -0.2) is 34.4 Å². The van der Waals surface area contributed by atoms with Gasteiger partial charge in [-0.1, -0.05) is 5.16 Å². The molecular formula is C19H17F4N5O2. The zero-order valence-electron chi connectivity index (χ0n) is 15.7. The monoisotopic (exact) mass is 423 g/mol. The van der Waals surface area contributed by atoms with Crippen molar-refractivity contribution < 1.29 is 26.8 Å². The van der Waals surface area contributed by atoms with Gasteiger partial charge < -0.3 is 15.0 Å². The molecule has 0 radical (unpaired) electrons. The van der Waals surface area contributed by atoms with E-state index < -0.39 is 12.2 Å². The fourth-order valence-corrected chi connectivity index (χ4v) is 2.95. The number of alkyl halides is 3. The number of ether oxygens (including phenoxy) is 1. The lowest BCUT2D eigenvalue weighted by Crippen LogP contribution is -2.34. The van der Waals surface area contributed by atoms with Crippen LogP contribution in [0.2, 0.25) is 0 Å². The summed E-state index contributed by atoms with van der Waals surface area (Å²) in [4.78, 5) is 12.3. The highest BCUT2D eigenvalue weighted by molar-refractivity contribution is 5.73. The van der Waals surface area contributed by atoms with Gasteiger partial charge >= 0.3 is 6.68 Å². The van der Waals surface area contributed by atoms with Gasteiger partial charge in [0.2, 0.25) is 0 Å². The number of amidine groups is 1. The van der Waals surface area contributed by atoms with E-state index in [0.717, 1.165) is 0 Å². The predicted molar refractivity (Wildman–Crippen MR) is 99.6 cm³/mol. The Bertz CT molecular complexity index is 1030. The van der Waals surface area contributed by atoms with E-state index in [2.05, 4.69) is 20.1 Å². The van der Waals surface area contributed by atoms with Crippen LogP contribution >= 0.6 is 0 Å². The molecule has 2 aromatic heterocycles. The number of hydrogen-bond acceptors (Lipinski definition) is 7. The Morgan fingerprint density at radius 1 is 1.13 bits per heavy atom. The SMILES string of the molecule is C[C@@]1(c2cc(-c3cc(-c4ccncn4)no3)ccc2F)CCOC(N)=N1.FC(F)F. The second-order valence-corrected chi connectivity index (χ2v) is 6.44. The number of aliphatic imine (C=N–C) groups is 1. The van der Waals surface area contributed by atoms with Crippen molar-refractivity contribution in [2.45, 2.75) is 25.6 Å². The molecule has 0 saturated carbocycles. The highest BCUT2D eigenvalue weighted by Crippen LogP contribution is 2.36. The number of rotatable bonds is 3. The second-order valence-electron chi connectivity index (χ2n) is 6.44. The zero-order chi connectivity index (χ0) is 21.7. The number of nitrogens with zero attached hydrogens (tertiary/aromatic N) is 4. The average Bonchev–Trinajstić information content (AvgIpc) is 3.18. The van der Waals surface area contributed by atoms with Crippen LogP contribution in [-0.2, 0) is 10.3 Å². The lowest BCUT2D eigenvalue weighted by atomic mass is 9.87. The fourth-order valence-electron chi connectivity index (χ4n) is 2.95. The van der Waals surface area contributed by atoms with Crippen molar-refractivity contribution in [1.29, 1.82) is 0 Å². The number of nitrogens with two attached hydrogens (primary N) is 1. The number of hydrogen-bond donors (Lipinski definition) is 1. The molecule has 30 heavy (non-hydrogen) atoms. The topological polar surface area (TPSA) is 99.4 Å². The summed E-state index contributed by atoms with van der Waals surface area (Å²) in [6.07, 6.45) is 3.59. The fraction of sp³-hybridized carbons (Fsp3) is 0.263. The third-order valence-corrected chi connectivity index (χ3v) is 4.38. The maximum atomic E-state index is 14.5. The summed E-state index contributed by atoms with van der Waals surface area (Å²) in [6, 6.07) is 8.29. The lowest BCUT2D eigenvalue weighted by molar-refractivity contribution is 0.00819. The Hall–Kier alpha value is -3.50. The Morgan fingerprint density at radius 3 is 2.57 bits per heavy atom. The minimum atomic E-state index is -3.67. The van der Waals surface area contributed by atoms with Crippen LogP contribution in [0.1, 0.15) is 18.9 Å². The van der Waals surface area contributed by atoms with Gasteiger partial charge in [0, 0.05) is 29.8 Å². The van der Waals surface area contributed by atoms with Crippen LogP contribution in [0.4, 0.5) is 17.6 Å². The van der Waals surface area contributed by atoms with Gasteiger partial charge in [-0.25, -0.2) is 19.4 Å². The van der Waals surface area contributed by atoms with Gasteiger partial charge in [0.05, 0.1) is 17.8 Å². The van der Waals surface area contributed by atoms with E-state index in [0.29, 0.717) is 41.3 Å². The number of aromatic nitrogens is 3. The van der Waals surface area contributed by atoms with Crippen molar-refractivity contribution in [2.75, 3.05) is 6.61 Å². The van der Waals surface area contributed by atoms with Gasteiger partial charge in [-0.3, -0.25) is 0 Å². The van der Waals surface area contributed by atoms with Crippen LogP contribution in [0.25, 0.3) is 22.7 Å². The van der Waals surface area contributed by atoms with Crippen LogP contribution in [0, 0.1) is 5.82 Å². The molecule has 1 aliphatic heterocycles. The third-order valence-electron chi connectivity index (χ3n) is 4.38. The maximum absolute atomic E-state index is 14.5. The number of benzene rings is 1. The van der Waals surface area contributed by atoms with Gasteiger partial charge in [0.1, 0.15) is 17.8 Å². The van der Waals surface area contributed by atoms with E-state index in [1.165, 1.54) is 12.4 Å². The largest absolute Gasteiger partial charge is 0.465 e. The van der Waals surface area contributed by atoms with E-state index in [-0.39, 0.29) is 11.8 Å². The summed E-state index contributed by atoms with van der Waals surface area (Å²) < 4.78 is 54.1. The summed E-state index contributed by atoms with van der Waals surface area (Å²) in [5, 5.41) is 4.03. The molecule has 4 rings (SSSR count). The van der Waals surface area contributed by atoms with E-state index in [9.17, 15) is 17.6 Å². The molecule has 1 aliphatic rings. The molecule has 0 spiro atoms. The van der Waals surface area contributed by atoms with Crippen LogP contribution < -0.4 is 5.73 Å². The first-order valence-electron chi connectivity index (χ1n) is 8.72. The highest BCUT2D eigenvalue weighted by Gasteiger charge is 2.33. The summed E-state index contributed by atoms with van der Waals surface area (Å²) in [6.45, 7) is -1.45. The van der Waals surface area contributed by atoms with Crippen molar-refractivity contribution >= 4 is 6.02 Å². The van der Waals surface area contributed by atoms with Gasteiger partial charge in [0.25, 0.3) is 6.02 Å². The van der Waals surface area contributed by atoms with Crippen molar-refractivity contribution in [3.8, 4) is 22.7 Å². The average molecular weight is 423 g/mol. The Morgan fingerprint density at radius 2 is 1.90 bits per heavy atom. The molecule has 158 valence electrons. The van der Waals surface area contributed by atoms with Crippen LogP contribution in [0.3, 0.4) is 0 Å². The van der Waals surface area contributed by atoms with Crippen molar-refractivity contribution in [1.82, 2.24) is 15.1 Å². The first-order chi connectivity index (χ1) is 14.3. The normalized spacial score (nSPS) is 18.3. The molecule has 7 nitrogen and oxygen atoms in total. The molecule has 0 bridgehead atoms. The summed E-state index contributed by atoms with van der Waals surface area (Å²) >= 11 is 0.